The molecule has 1 atom stereocenters. The van der Waals surface area contributed by atoms with Crippen molar-refractivity contribution in [3.05, 3.63) is 46.9 Å². The number of hydrogen-bond donors (Lipinski definition) is 1. The van der Waals surface area contributed by atoms with Crippen LogP contribution in [0.15, 0.2) is 35.5 Å². The van der Waals surface area contributed by atoms with E-state index in [4.69, 9.17) is 0 Å². The van der Waals surface area contributed by atoms with E-state index in [9.17, 15) is 18.8 Å². The van der Waals surface area contributed by atoms with Gasteiger partial charge in [0, 0.05) is 36.3 Å². The standard InChI is InChI=1S/C29H42FN3O3/c1-19(2)33(20(3)4)29(36)26-15-24(16-27(34)31-17-22-9-7-6-8-10-22)28(35)32(21(26)5)18-23-11-13-25(30)14-12-23/h11-14,19-20,22,24H,6-10,15-18H2,1-5H3,(H,31,34). The highest BCUT2D eigenvalue weighted by Crippen LogP contribution is 2.33. The molecule has 1 fully saturated rings. The Balaban J connectivity index is 1.83. The molecule has 1 aliphatic carbocycles. The van der Waals surface area contributed by atoms with Crippen molar-refractivity contribution in [2.24, 2.45) is 11.8 Å². The van der Waals surface area contributed by atoms with E-state index in [0.717, 1.165) is 18.4 Å². The molecule has 198 valence electrons. The molecule has 1 heterocycles. The van der Waals surface area contributed by atoms with Crippen LogP contribution in [0.1, 0.15) is 85.1 Å². The van der Waals surface area contributed by atoms with Crippen molar-refractivity contribution in [3.63, 3.8) is 0 Å². The van der Waals surface area contributed by atoms with Crippen LogP contribution in [-0.4, -0.2) is 46.1 Å². The van der Waals surface area contributed by atoms with Crippen LogP contribution in [0.5, 0.6) is 0 Å². The lowest BCUT2D eigenvalue weighted by Crippen LogP contribution is -2.47. The highest BCUT2D eigenvalue weighted by molar-refractivity contribution is 5.98. The second kappa shape index (κ2) is 12.5. The Morgan fingerprint density at radius 3 is 2.25 bits per heavy atom. The zero-order valence-electron chi connectivity index (χ0n) is 22.5. The fraction of sp³-hybridized carbons (Fsp3) is 0.621. The number of hydrogen-bond acceptors (Lipinski definition) is 3. The summed E-state index contributed by atoms with van der Waals surface area (Å²) in [5.41, 5.74) is 1.95. The smallest absolute Gasteiger partial charge is 0.252 e. The van der Waals surface area contributed by atoms with E-state index in [2.05, 4.69) is 5.32 Å². The molecule has 3 amide bonds. The van der Waals surface area contributed by atoms with Crippen LogP contribution in [0.25, 0.3) is 0 Å². The van der Waals surface area contributed by atoms with E-state index >= 15 is 0 Å². The Morgan fingerprint density at radius 1 is 1.06 bits per heavy atom. The maximum atomic E-state index is 13.7. The number of carbonyl (C=O) groups excluding carboxylic acids is 3. The topological polar surface area (TPSA) is 69.7 Å². The Kier molecular flexibility index (Phi) is 9.69. The van der Waals surface area contributed by atoms with Gasteiger partial charge >= 0.3 is 0 Å². The Hall–Kier alpha value is -2.70. The van der Waals surface area contributed by atoms with E-state index in [1.54, 1.807) is 24.0 Å². The molecule has 6 nitrogen and oxygen atoms in total. The zero-order chi connectivity index (χ0) is 26.4. The summed E-state index contributed by atoms with van der Waals surface area (Å²) in [6, 6.07) is 6.02. The quantitative estimate of drug-likeness (QED) is 0.509. The number of benzene rings is 1. The van der Waals surface area contributed by atoms with Crippen LogP contribution in [0.4, 0.5) is 4.39 Å². The SMILES string of the molecule is CC1=C(C(=O)N(C(C)C)C(C)C)CC(CC(=O)NCC2CCCCC2)C(=O)N1Cc1ccc(F)cc1. The molecular weight excluding hydrogens is 457 g/mol. The van der Waals surface area contributed by atoms with Crippen molar-refractivity contribution in [2.45, 2.75) is 98.2 Å². The van der Waals surface area contributed by atoms with Crippen molar-refractivity contribution in [1.29, 1.82) is 0 Å². The number of nitrogens with one attached hydrogen (secondary N) is 1. The normalized spacial score (nSPS) is 19.3. The average molecular weight is 500 g/mol. The third kappa shape index (κ3) is 6.95. The molecule has 36 heavy (non-hydrogen) atoms. The summed E-state index contributed by atoms with van der Waals surface area (Å²) >= 11 is 0. The van der Waals surface area contributed by atoms with Gasteiger partial charge in [-0.2, -0.15) is 0 Å². The third-order valence-electron chi connectivity index (χ3n) is 7.51. The average Bonchev–Trinajstić information content (AvgIpc) is 2.83. The van der Waals surface area contributed by atoms with E-state index in [1.165, 1.54) is 31.4 Å². The van der Waals surface area contributed by atoms with Gasteiger partial charge in [0.05, 0.1) is 12.5 Å². The first kappa shape index (κ1) is 27.9. The molecule has 0 radical (unpaired) electrons. The molecule has 1 N–H and O–H groups in total. The number of rotatable bonds is 9. The zero-order valence-corrected chi connectivity index (χ0v) is 22.5. The van der Waals surface area contributed by atoms with Crippen LogP contribution < -0.4 is 5.32 Å². The molecule has 1 aliphatic heterocycles. The largest absolute Gasteiger partial charge is 0.356 e. The fourth-order valence-corrected chi connectivity index (χ4v) is 5.57. The Labute approximate surface area is 215 Å². The van der Waals surface area contributed by atoms with Crippen LogP contribution in [-0.2, 0) is 20.9 Å². The molecule has 0 bridgehead atoms. The molecule has 1 aromatic carbocycles. The number of halogens is 1. The van der Waals surface area contributed by atoms with Gasteiger partial charge in [-0.1, -0.05) is 31.4 Å². The molecule has 1 unspecified atom stereocenters. The first-order valence-electron chi connectivity index (χ1n) is 13.4. The summed E-state index contributed by atoms with van der Waals surface area (Å²) in [4.78, 5) is 43.6. The van der Waals surface area contributed by atoms with Crippen molar-refractivity contribution >= 4 is 17.7 Å². The summed E-state index contributed by atoms with van der Waals surface area (Å²) in [5, 5.41) is 3.04. The number of allylic oxidation sites excluding steroid dienone is 1. The van der Waals surface area contributed by atoms with Gasteiger partial charge < -0.3 is 15.1 Å². The van der Waals surface area contributed by atoms with Gasteiger partial charge in [-0.25, -0.2) is 4.39 Å². The molecule has 2 aliphatic rings. The van der Waals surface area contributed by atoms with Gasteiger partial charge in [-0.15, -0.1) is 0 Å². The van der Waals surface area contributed by atoms with E-state index in [1.807, 2.05) is 32.6 Å². The van der Waals surface area contributed by atoms with Gasteiger partial charge in [0.15, 0.2) is 0 Å². The molecule has 1 aromatic rings. The highest BCUT2D eigenvalue weighted by atomic mass is 19.1. The molecule has 7 heteroatoms. The minimum Gasteiger partial charge on any atom is -0.356 e. The van der Waals surface area contributed by atoms with Crippen molar-refractivity contribution in [3.8, 4) is 0 Å². The van der Waals surface area contributed by atoms with E-state index < -0.39 is 5.92 Å². The van der Waals surface area contributed by atoms with Crippen LogP contribution in [0, 0.1) is 17.7 Å². The molecule has 3 rings (SSSR count). The summed E-state index contributed by atoms with van der Waals surface area (Å²) in [6.07, 6.45) is 6.24. The molecule has 0 spiro atoms. The first-order chi connectivity index (χ1) is 17.1. The lowest BCUT2D eigenvalue weighted by molar-refractivity contribution is -0.139. The predicted molar refractivity (Wildman–Crippen MR) is 139 cm³/mol. The predicted octanol–water partition coefficient (Wildman–Crippen LogP) is 5.18. The minimum atomic E-state index is -0.611. The van der Waals surface area contributed by atoms with Crippen LogP contribution in [0.3, 0.4) is 0 Å². The van der Waals surface area contributed by atoms with E-state index in [-0.39, 0.29) is 55.0 Å². The molecule has 0 aromatic heterocycles. The summed E-state index contributed by atoms with van der Waals surface area (Å²) in [7, 11) is 0. The Bertz CT molecular complexity index is 956. The maximum absolute atomic E-state index is 13.7. The minimum absolute atomic E-state index is 0.00165. The monoisotopic (exact) mass is 499 g/mol. The second-order valence-corrected chi connectivity index (χ2v) is 10.9. The summed E-state index contributed by atoms with van der Waals surface area (Å²) in [6.45, 7) is 10.6. The summed E-state index contributed by atoms with van der Waals surface area (Å²) < 4.78 is 13.5. The van der Waals surface area contributed by atoms with Gasteiger partial charge in [0.2, 0.25) is 11.8 Å². The maximum Gasteiger partial charge on any atom is 0.252 e. The fourth-order valence-electron chi connectivity index (χ4n) is 5.57. The van der Waals surface area contributed by atoms with Gasteiger partial charge in [0.1, 0.15) is 5.82 Å². The van der Waals surface area contributed by atoms with Crippen molar-refractivity contribution in [2.75, 3.05) is 6.54 Å². The summed E-state index contributed by atoms with van der Waals surface area (Å²) in [5.74, 6) is -0.853. The van der Waals surface area contributed by atoms with Crippen molar-refractivity contribution < 1.29 is 18.8 Å². The van der Waals surface area contributed by atoms with Crippen molar-refractivity contribution in [1.82, 2.24) is 15.1 Å². The first-order valence-corrected chi connectivity index (χ1v) is 13.4. The molecule has 0 saturated heterocycles. The lowest BCUT2D eigenvalue weighted by Gasteiger charge is -2.38. The highest BCUT2D eigenvalue weighted by Gasteiger charge is 2.38. The Morgan fingerprint density at radius 2 is 1.67 bits per heavy atom. The number of carbonyl (C=O) groups is 3. The molecular formula is C29H42FN3O3. The number of amides is 3. The van der Waals surface area contributed by atoms with Gasteiger partial charge in [-0.05, 0) is 77.5 Å². The second-order valence-electron chi connectivity index (χ2n) is 10.9. The third-order valence-corrected chi connectivity index (χ3v) is 7.51. The molecule has 1 saturated carbocycles. The number of nitrogens with zero attached hydrogens (tertiary/aromatic N) is 2. The van der Waals surface area contributed by atoms with E-state index in [0.29, 0.717) is 23.7 Å². The lowest BCUT2D eigenvalue weighted by atomic mass is 9.87. The van der Waals surface area contributed by atoms with Gasteiger partial charge in [0.25, 0.3) is 5.91 Å². The van der Waals surface area contributed by atoms with Crippen LogP contribution in [0.2, 0.25) is 0 Å². The van der Waals surface area contributed by atoms with Crippen LogP contribution >= 0.6 is 0 Å². The van der Waals surface area contributed by atoms with Gasteiger partial charge in [-0.3, -0.25) is 14.4 Å².